The standard InChI is InChI=1S/C22H37FOSi/c1-16(2)25(17(3)4,18(5)6)15-22-21(23)14-20(24-22)13-12-19-10-8-7-9-11-19/h7-11,16-18,20-22H,12-15H2,1-6H3. The van der Waals surface area contributed by atoms with Gasteiger partial charge in [0.2, 0.25) is 0 Å². The van der Waals surface area contributed by atoms with Crippen molar-refractivity contribution in [2.75, 3.05) is 0 Å². The van der Waals surface area contributed by atoms with E-state index in [2.05, 4.69) is 65.8 Å². The van der Waals surface area contributed by atoms with Crippen LogP contribution in [0, 0.1) is 0 Å². The molecule has 0 spiro atoms. The molecule has 25 heavy (non-hydrogen) atoms. The van der Waals surface area contributed by atoms with Crippen molar-refractivity contribution in [2.45, 2.75) is 102 Å². The molecule has 142 valence electrons. The second-order valence-corrected chi connectivity index (χ2v) is 15.0. The Hall–Kier alpha value is -0.673. The summed E-state index contributed by atoms with van der Waals surface area (Å²) >= 11 is 0. The van der Waals surface area contributed by atoms with Crippen molar-refractivity contribution in [1.82, 2.24) is 0 Å². The van der Waals surface area contributed by atoms with Crippen LogP contribution >= 0.6 is 0 Å². The van der Waals surface area contributed by atoms with Gasteiger partial charge < -0.3 is 4.74 Å². The van der Waals surface area contributed by atoms with Crippen LogP contribution in [0.25, 0.3) is 0 Å². The van der Waals surface area contributed by atoms with Crippen LogP contribution in [0.15, 0.2) is 30.3 Å². The summed E-state index contributed by atoms with van der Waals surface area (Å²) < 4.78 is 21.0. The van der Waals surface area contributed by atoms with Crippen LogP contribution in [0.1, 0.15) is 59.9 Å². The van der Waals surface area contributed by atoms with E-state index in [-0.39, 0.29) is 12.2 Å². The van der Waals surface area contributed by atoms with E-state index >= 15 is 0 Å². The van der Waals surface area contributed by atoms with Crippen molar-refractivity contribution in [3.8, 4) is 0 Å². The molecular formula is C22H37FOSi. The highest BCUT2D eigenvalue weighted by molar-refractivity contribution is 6.83. The number of ether oxygens (including phenoxy) is 1. The van der Waals surface area contributed by atoms with Crippen molar-refractivity contribution >= 4 is 8.07 Å². The molecule has 0 N–H and O–H groups in total. The molecule has 0 bridgehead atoms. The van der Waals surface area contributed by atoms with Gasteiger partial charge in [0.1, 0.15) is 6.17 Å². The molecule has 0 saturated carbocycles. The predicted molar refractivity (Wildman–Crippen MR) is 109 cm³/mol. The fourth-order valence-corrected chi connectivity index (χ4v) is 11.6. The smallest absolute Gasteiger partial charge is 0.128 e. The zero-order valence-electron chi connectivity index (χ0n) is 17.0. The molecule has 1 aliphatic heterocycles. The summed E-state index contributed by atoms with van der Waals surface area (Å²) in [6.45, 7) is 14.1. The SMILES string of the molecule is CC(C)[Si](CC1OC(CCc2ccccc2)CC1F)(C(C)C)C(C)C. The summed E-state index contributed by atoms with van der Waals surface area (Å²) in [6.07, 6.45) is 1.60. The first kappa shape index (κ1) is 20.6. The van der Waals surface area contributed by atoms with E-state index in [1.807, 2.05) is 6.07 Å². The van der Waals surface area contributed by atoms with Crippen LogP contribution in [-0.2, 0) is 11.2 Å². The van der Waals surface area contributed by atoms with Gasteiger partial charge in [-0.1, -0.05) is 88.5 Å². The Morgan fingerprint density at radius 2 is 1.56 bits per heavy atom. The van der Waals surface area contributed by atoms with Crippen molar-refractivity contribution in [1.29, 1.82) is 0 Å². The molecule has 3 atom stereocenters. The van der Waals surface area contributed by atoms with Crippen LogP contribution in [0.4, 0.5) is 4.39 Å². The van der Waals surface area contributed by atoms with Crippen LogP contribution in [0.5, 0.6) is 0 Å². The van der Waals surface area contributed by atoms with Gasteiger partial charge in [0.15, 0.2) is 0 Å². The number of alkyl halides is 1. The molecule has 1 aromatic rings. The quantitative estimate of drug-likeness (QED) is 0.461. The number of halogens is 1. The Kier molecular flexibility index (Phi) is 7.27. The number of aryl methyl sites for hydroxylation is 1. The van der Waals surface area contributed by atoms with Gasteiger partial charge in [0, 0.05) is 6.42 Å². The van der Waals surface area contributed by atoms with E-state index in [1.54, 1.807) is 0 Å². The second-order valence-electron chi connectivity index (χ2n) is 8.85. The first-order valence-corrected chi connectivity index (χ1v) is 12.5. The predicted octanol–water partition coefficient (Wildman–Crippen LogP) is 6.79. The molecule has 2 rings (SSSR count). The Balaban J connectivity index is 2.00. The lowest BCUT2D eigenvalue weighted by atomic mass is 10.0. The number of rotatable bonds is 8. The third-order valence-electron chi connectivity index (χ3n) is 6.64. The van der Waals surface area contributed by atoms with E-state index in [0.29, 0.717) is 23.0 Å². The third-order valence-corrected chi connectivity index (χ3v) is 14.2. The first-order chi connectivity index (χ1) is 11.8. The maximum Gasteiger partial charge on any atom is 0.128 e. The summed E-state index contributed by atoms with van der Waals surface area (Å²) in [6, 6.07) is 11.4. The second kappa shape index (κ2) is 8.81. The zero-order chi connectivity index (χ0) is 18.6. The highest BCUT2D eigenvalue weighted by Gasteiger charge is 2.48. The zero-order valence-corrected chi connectivity index (χ0v) is 18.0. The molecule has 1 nitrogen and oxygen atoms in total. The van der Waals surface area contributed by atoms with Gasteiger partial charge in [0.05, 0.1) is 20.3 Å². The number of hydrogen-bond donors (Lipinski definition) is 0. The Labute approximate surface area is 155 Å². The molecule has 3 unspecified atom stereocenters. The molecule has 1 fully saturated rings. The van der Waals surface area contributed by atoms with Gasteiger partial charge >= 0.3 is 0 Å². The van der Waals surface area contributed by atoms with Gasteiger partial charge in [-0.15, -0.1) is 0 Å². The molecule has 1 aromatic carbocycles. The summed E-state index contributed by atoms with van der Waals surface area (Å²) in [5, 5.41) is 0. The van der Waals surface area contributed by atoms with Crippen LogP contribution < -0.4 is 0 Å². The van der Waals surface area contributed by atoms with E-state index in [4.69, 9.17) is 4.74 Å². The minimum absolute atomic E-state index is 0.0818. The lowest BCUT2D eigenvalue weighted by Crippen LogP contribution is -2.48. The fraction of sp³-hybridized carbons (Fsp3) is 0.727. The monoisotopic (exact) mass is 364 g/mol. The normalized spacial score (nSPS) is 24.6. The maximum absolute atomic E-state index is 14.8. The highest BCUT2D eigenvalue weighted by atomic mass is 28.3. The Morgan fingerprint density at radius 1 is 1.00 bits per heavy atom. The minimum Gasteiger partial charge on any atom is -0.372 e. The van der Waals surface area contributed by atoms with Crippen LogP contribution in [0.3, 0.4) is 0 Å². The molecule has 3 heteroatoms. The summed E-state index contributed by atoms with van der Waals surface area (Å²) in [7, 11) is -1.62. The largest absolute Gasteiger partial charge is 0.372 e. The van der Waals surface area contributed by atoms with Crippen molar-refractivity contribution in [3.05, 3.63) is 35.9 Å². The van der Waals surface area contributed by atoms with Gasteiger partial charge in [-0.3, -0.25) is 0 Å². The average Bonchev–Trinajstić information content (AvgIpc) is 2.90. The lowest BCUT2D eigenvalue weighted by molar-refractivity contribution is 0.0352. The number of hydrogen-bond acceptors (Lipinski definition) is 1. The molecular weight excluding hydrogens is 327 g/mol. The topological polar surface area (TPSA) is 9.23 Å². The van der Waals surface area contributed by atoms with Crippen molar-refractivity contribution in [2.24, 2.45) is 0 Å². The van der Waals surface area contributed by atoms with E-state index in [0.717, 1.165) is 18.9 Å². The van der Waals surface area contributed by atoms with Crippen LogP contribution in [0.2, 0.25) is 22.7 Å². The Bertz CT molecular complexity index is 492. The molecule has 0 aliphatic carbocycles. The molecule has 1 saturated heterocycles. The Morgan fingerprint density at radius 3 is 2.08 bits per heavy atom. The fourth-order valence-electron chi connectivity index (χ4n) is 5.18. The van der Waals surface area contributed by atoms with Gasteiger partial charge in [0.25, 0.3) is 0 Å². The van der Waals surface area contributed by atoms with Gasteiger partial charge in [-0.2, -0.15) is 0 Å². The lowest BCUT2D eigenvalue weighted by Gasteiger charge is -2.45. The van der Waals surface area contributed by atoms with E-state index in [1.165, 1.54) is 5.56 Å². The molecule has 0 amide bonds. The summed E-state index contributed by atoms with van der Waals surface area (Å²) in [4.78, 5) is 0. The van der Waals surface area contributed by atoms with E-state index in [9.17, 15) is 4.39 Å². The third kappa shape index (κ3) is 4.74. The van der Waals surface area contributed by atoms with Gasteiger partial charge in [-0.05, 0) is 24.4 Å². The molecule has 1 heterocycles. The minimum atomic E-state index is -1.62. The first-order valence-electron chi connectivity index (χ1n) is 10.1. The van der Waals surface area contributed by atoms with E-state index < -0.39 is 14.2 Å². The van der Waals surface area contributed by atoms with Crippen molar-refractivity contribution in [3.63, 3.8) is 0 Å². The summed E-state index contributed by atoms with van der Waals surface area (Å²) in [5.41, 5.74) is 3.30. The molecule has 1 aliphatic rings. The maximum atomic E-state index is 14.8. The number of benzene rings is 1. The summed E-state index contributed by atoms with van der Waals surface area (Å²) in [5.74, 6) is 0. The molecule has 0 aromatic heterocycles. The molecule has 0 radical (unpaired) electrons. The van der Waals surface area contributed by atoms with Gasteiger partial charge in [-0.25, -0.2) is 4.39 Å². The van der Waals surface area contributed by atoms with Crippen LogP contribution in [-0.4, -0.2) is 26.5 Å². The van der Waals surface area contributed by atoms with Crippen molar-refractivity contribution < 1.29 is 9.13 Å². The average molecular weight is 365 g/mol. The highest BCUT2D eigenvalue weighted by Crippen LogP contribution is 2.47.